The molecule has 17 heavy (non-hydrogen) atoms. The molecule has 0 saturated heterocycles. The number of rotatable bonds is 3. The number of carbonyl (C=O) groups excluding carboxylic acids is 1. The average Bonchev–Trinajstić information content (AvgIpc) is 2.19. The third-order valence-electron chi connectivity index (χ3n) is 0.628. The number of hydrogen-bond acceptors (Lipinski definition) is 7. The van der Waals surface area contributed by atoms with Gasteiger partial charge >= 0.3 is 11.9 Å². The Hall–Kier alpha value is -1.20. The number of carboxylic acids is 2. The van der Waals surface area contributed by atoms with Gasteiger partial charge in [-0.15, -0.1) is 12.6 Å². The van der Waals surface area contributed by atoms with Crippen LogP contribution in [0.2, 0.25) is 0 Å². The summed E-state index contributed by atoms with van der Waals surface area (Å²) < 4.78 is 0. The minimum Gasteiger partial charge on any atom is -0.480 e. The van der Waals surface area contributed by atoms with Gasteiger partial charge in [0.25, 0.3) is 0 Å². The van der Waals surface area contributed by atoms with E-state index < -0.39 is 36.4 Å². The number of carbonyl (C=O) groups is 3. The van der Waals surface area contributed by atoms with Crippen molar-refractivity contribution >= 4 is 29.7 Å². The van der Waals surface area contributed by atoms with Gasteiger partial charge in [-0.1, -0.05) is 0 Å². The van der Waals surface area contributed by atoms with Crippen molar-refractivity contribution in [1.29, 1.82) is 0 Å². The summed E-state index contributed by atoms with van der Waals surface area (Å²) in [7, 11) is 0. The molecule has 0 aliphatic carbocycles. The number of aliphatic hydroxyl groups is 3. The monoisotopic (exact) mass is 275 g/mol. The van der Waals surface area contributed by atoms with E-state index in [1.54, 1.807) is 0 Å². The zero-order chi connectivity index (χ0) is 13.7. The van der Waals surface area contributed by atoms with Crippen molar-refractivity contribution < 1.29 is 39.9 Å². The Balaban J connectivity index is -0.0000000729. The molecule has 0 radical (unpaired) electrons. The fourth-order valence-corrected chi connectivity index (χ4v) is 0. The summed E-state index contributed by atoms with van der Waals surface area (Å²) in [6.07, 6.45) is -1.23. The molecule has 0 spiro atoms. The van der Waals surface area contributed by atoms with Crippen LogP contribution in [0.5, 0.6) is 0 Å². The highest BCUT2D eigenvalue weighted by Crippen LogP contribution is 1.73. The van der Waals surface area contributed by atoms with Gasteiger partial charge in [-0.05, 0) is 6.92 Å². The number of thiol groups is 1. The van der Waals surface area contributed by atoms with Gasteiger partial charge in [-0.25, -0.2) is 9.59 Å². The van der Waals surface area contributed by atoms with E-state index in [1.165, 1.54) is 6.92 Å². The van der Waals surface area contributed by atoms with Crippen molar-refractivity contribution in [3.63, 3.8) is 0 Å². The van der Waals surface area contributed by atoms with Crippen LogP contribution in [0.25, 0.3) is 0 Å². The van der Waals surface area contributed by atoms with Gasteiger partial charge in [0.2, 0.25) is 5.12 Å². The van der Waals surface area contributed by atoms with Crippen LogP contribution in [0, 0.1) is 0 Å². The van der Waals surface area contributed by atoms with Crippen molar-refractivity contribution in [2.75, 3.05) is 13.2 Å². The van der Waals surface area contributed by atoms with Crippen LogP contribution in [0.1, 0.15) is 6.92 Å². The maximum Gasteiger partial charge on any atom is 0.332 e. The Bertz CT molecular complexity index is 206. The second-order valence-electron chi connectivity index (χ2n) is 2.12. The highest BCUT2D eigenvalue weighted by molar-refractivity contribution is 7.96. The van der Waals surface area contributed by atoms with Crippen molar-refractivity contribution in [2.45, 2.75) is 13.0 Å². The SMILES string of the molecule is CC(O)C(=O)O.N.O=C(O)CO.O=C(S)CO. The second kappa shape index (κ2) is 17.2. The lowest BCUT2D eigenvalue weighted by Gasteiger charge is -1.89. The molecule has 1 atom stereocenters. The lowest BCUT2D eigenvalue weighted by atomic mass is 10.4. The molecule has 9 nitrogen and oxygen atoms in total. The van der Waals surface area contributed by atoms with Crippen LogP contribution in [0.15, 0.2) is 0 Å². The normalized spacial score (nSPS) is 9.24. The molecule has 0 aromatic carbocycles. The Morgan fingerprint density at radius 1 is 1.12 bits per heavy atom. The smallest absolute Gasteiger partial charge is 0.332 e. The van der Waals surface area contributed by atoms with Gasteiger partial charge in [0.05, 0.1) is 0 Å². The van der Waals surface area contributed by atoms with E-state index >= 15 is 0 Å². The predicted molar refractivity (Wildman–Crippen MR) is 60.1 cm³/mol. The number of aliphatic carboxylic acids is 2. The molecule has 0 heterocycles. The summed E-state index contributed by atoms with van der Waals surface area (Å²) in [6.45, 7) is -0.0502. The largest absolute Gasteiger partial charge is 0.480 e. The Kier molecular flexibility index (Phi) is 25.2. The van der Waals surface area contributed by atoms with Crippen LogP contribution >= 0.6 is 12.6 Å². The second-order valence-corrected chi connectivity index (χ2v) is 2.62. The molecule has 0 aromatic heterocycles. The first-order valence-corrected chi connectivity index (χ1v) is 4.19. The molecule has 1 unspecified atom stereocenters. The van der Waals surface area contributed by atoms with Gasteiger partial charge < -0.3 is 31.7 Å². The van der Waals surface area contributed by atoms with Gasteiger partial charge in [-0.2, -0.15) is 0 Å². The first kappa shape index (κ1) is 24.9. The number of aliphatic hydroxyl groups excluding tert-OH is 3. The Morgan fingerprint density at radius 3 is 1.29 bits per heavy atom. The standard InChI is InChI=1S/C3H6O3.C2H4O3.C2H4O2S.H3N/c1-2(4)3(5)6;2*3-1-2(4)5;/h2,4H,1H3,(H,5,6);2*3H,1H2,(H,4,5);1H3. The van der Waals surface area contributed by atoms with E-state index in [1.807, 2.05) is 0 Å². The molecule has 0 bridgehead atoms. The van der Waals surface area contributed by atoms with Gasteiger partial charge in [0, 0.05) is 0 Å². The minimum absolute atomic E-state index is 0. The van der Waals surface area contributed by atoms with E-state index in [0.29, 0.717) is 0 Å². The van der Waals surface area contributed by atoms with E-state index in [2.05, 4.69) is 12.6 Å². The topological polar surface area (TPSA) is 187 Å². The fourth-order valence-electron chi connectivity index (χ4n) is 0. The summed E-state index contributed by atoms with van der Waals surface area (Å²) in [5, 5.41) is 38.0. The zero-order valence-electron chi connectivity index (χ0n) is 9.11. The van der Waals surface area contributed by atoms with Crippen LogP contribution in [-0.2, 0) is 14.4 Å². The van der Waals surface area contributed by atoms with Gasteiger partial charge in [0.1, 0.15) is 19.3 Å². The van der Waals surface area contributed by atoms with Gasteiger partial charge in [-0.3, -0.25) is 4.79 Å². The molecule has 0 saturated carbocycles. The average molecular weight is 275 g/mol. The van der Waals surface area contributed by atoms with Crippen molar-refractivity contribution in [3.8, 4) is 0 Å². The maximum atomic E-state index is 9.45. The predicted octanol–water partition coefficient (Wildman–Crippen LogP) is -1.89. The van der Waals surface area contributed by atoms with Crippen molar-refractivity contribution in [2.24, 2.45) is 0 Å². The molecular weight excluding hydrogens is 258 g/mol. The maximum absolute atomic E-state index is 9.45. The van der Waals surface area contributed by atoms with Crippen LogP contribution < -0.4 is 6.15 Å². The molecule has 0 aliphatic rings. The summed E-state index contributed by atoms with van der Waals surface area (Å²) in [5.74, 6) is -2.37. The lowest BCUT2D eigenvalue weighted by Crippen LogP contribution is -2.13. The minimum atomic E-state index is -1.23. The van der Waals surface area contributed by atoms with Crippen LogP contribution in [0.4, 0.5) is 0 Å². The summed E-state index contributed by atoms with van der Waals surface area (Å²) in [5.41, 5.74) is 0. The summed E-state index contributed by atoms with van der Waals surface area (Å²) >= 11 is 3.21. The van der Waals surface area contributed by atoms with E-state index in [9.17, 15) is 9.59 Å². The van der Waals surface area contributed by atoms with E-state index in [0.717, 1.165) is 0 Å². The first-order valence-electron chi connectivity index (χ1n) is 3.75. The van der Waals surface area contributed by atoms with Gasteiger partial charge in [0.15, 0.2) is 0 Å². The number of carboxylic acid groups (broad SMARTS) is 2. The Labute approximate surface area is 103 Å². The van der Waals surface area contributed by atoms with Crippen LogP contribution in [0.3, 0.4) is 0 Å². The zero-order valence-corrected chi connectivity index (χ0v) is 10.0. The van der Waals surface area contributed by atoms with Crippen LogP contribution in [-0.4, -0.2) is 61.9 Å². The molecule has 0 amide bonds. The lowest BCUT2D eigenvalue weighted by molar-refractivity contribution is -0.145. The summed E-state index contributed by atoms with van der Waals surface area (Å²) in [6, 6.07) is 0. The third kappa shape index (κ3) is 52.4. The third-order valence-corrected chi connectivity index (χ3v) is 0.769. The van der Waals surface area contributed by atoms with Crippen molar-refractivity contribution in [3.05, 3.63) is 0 Å². The molecule has 8 N–H and O–H groups in total. The Morgan fingerprint density at radius 2 is 1.29 bits per heavy atom. The quantitative estimate of drug-likeness (QED) is 0.289. The van der Waals surface area contributed by atoms with Crippen molar-refractivity contribution in [1.82, 2.24) is 6.15 Å². The summed E-state index contributed by atoms with van der Waals surface area (Å²) in [4.78, 5) is 28.0. The highest BCUT2D eigenvalue weighted by Gasteiger charge is 2.01. The molecule has 0 fully saturated rings. The molecule has 0 aliphatic heterocycles. The van der Waals surface area contributed by atoms with E-state index in [-0.39, 0.29) is 6.15 Å². The van der Waals surface area contributed by atoms with E-state index in [4.69, 9.17) is 30.3 Å². The molecule has 104 valence electrons. The molecular formula is C7H17NO8S. The highest BCUT2D eigenvalue weighted by atomic mass is 32.1. The molecule has 0 rings (SSSR count). The molecule has 10 heteroatoms. The fraction of sp³-hybridized carbons (Fsp3) is 0.571. The first-order chi connectivity index (χ1) is 7.18. The molecule has 0 aromatic rings. The number of hydrogen-bond donors (Lipinski definition) is 7.